The molecule has 1 amide bonds. The number of allylic oxidation sites excluding steroid dienone is 1. The molecule has 39 heavy (non-hydrogen) atoms. The fourth-order valence-corrected chi connectivity index (χ4v) is 6.27. The number of dihydropyridines is 1. The Morgan fingerprint density at radius 1 is 0.923 bits per heavy atom. The van der Waals surface area contributed by atoms with Gasteiger partial charge in [-0.3, -0.25) is 4.79 Å². The Kier molecular flexibility index (Phi) is 9.71. The fourth-order valence-electron chi connectivity index (χ4n) is 4.95. The lowest BCUT2D eigenvalue weighted by Gasteiger charge is -2.35. The molecule has 0 bridgehead atoms. The summed E-state index contributed by atoms with van der Waals surface area (Å²) in [4.78, 5) is 45.2. The minimum Gasteiger partial charge on any atom is -0.466 e. The predicted octanol–water partition coefficient (Wildman–Crippen LogP) is 4.39. The Hall–Kier alpha value is -2.85. The Morgan fingerprint density at radius 2 is 1.54 bits per heavy atom. The number of carbonyl (C=O) groups is 3. The molecule has 0 aliphatic carbocycles. The largest absolute Gasteiger partial charge is 0.466 e. The summed E-state index contributed by atoms with van der Waals surface area (Å²) in [6.45, 7) is 2.70. The molecule has 1 N–H and O–H groups in total. The Morgan fingerprint density at radius 3 is 2.10 bits per heavy atom. The highest BCUT2D eigenvalue weighted by Gasteiger charge is 2.42. The lowest BCUT2D eigenvalue weighted by atomic mass is 9.78. The van der Waals surface area contributed by atoms with Crippen LogP contribution in [0.3, 0.4) is 0 Å². The third kappa shape index (κ3) is 6.49. The summed E-state index contributed by atoms with van der Waals surface area (Å²) in [5, 5.41) is 5.82. The van der Waals surface area contributed by atoms with E-state index >= 15 is 0 Å². The molecule has 11 heteroatoms. The number of methoxy groups -OCH3 is 2. The first-order chi connectivity index (χ1) is 18.7. The Balaban J connectivity index is 1.86. The van der Waals surface area contributed by atoms with E-state index in [1.165, 1.54) is 14.2 Å². The van der Waals surface area contributed by atoms with Gasteiger partial charge < -0.3 is 24.6 Å². The van der Waals surface area contributed by atoms with Crippen molar-refractivity contribution in [1.82, 2.24) is 15.1 Å². The van der Waals surface area contributed by atoms with E-state index in [1.54, 1.807) is 34.4 Å². The summed E-state index contributed by atoms with van der Waals surface area (Å²) in [5.41, 5.74) is 1.60. The van der Waals surface area contributed by atoms with Crippen molar-refractivity contribution < 1.29 is 23.9 Å². The molecule has 1 aromatic carbocycles. The highest BCUT2D eigenvalue weighted by molar-refractivity contribution is 7.09. The van der Waals surface area contributed by atoms with Crippen LogP contribution in [0.25, 0.3) is 0 Å². The van der Waals surface area contributed by atoms with Gasteiger partial charge in [-0.2, -0.15) is 0 Å². The number of aryl methyl sites for hydroxylation is 1. The van der Waals surface area contributed by atoms with Crippen LogP contribution in [0.15, 0.2) is 58.3 Å². The van der Waals surface area contributed by atoms with Gasteiger partial charge in [0.2, 0.25) is 5.91 Å². The van der Waals surface area contributed by atoms with Gasteiger partial charge in [-0.15, -0.1) is 11.3 Å². The molecule has 0 spiro atoms. The topological polar surface area (TPSA) is 88.2 Å². The maximum atomic E-state index is 13.5. The maximum absolute atomic E-state index is 13.5. The quantitative estimate of drug-likeness (QED) is 0.455. The number of ether oxygens (including phenoxy) is 2. The van der Waals surface area contributed by atoms with Crippen LogP contribution in [0.4, 0.5) is 0 Å². The molecule has 1 atom stereocenters. The first kappa shape index (κ1) is 29.1. The van der Waals surface area contributed by atoms with Crippen molar-refractivity contribution >= 4 is 52.4 Å². The van der Waals surface area contributed by atoms with Crippen LogP contribution in [0.5, 0.6) is 0 Å². The smallest absolute Gasteiger partial charge is 0.336 e. The third-order valence-corrected chi connectivity index (χ3v) is 8.61. The van der Waals surface area contributed by atoms with Gasteiger partial charge in [0.1, 0.15) is 0 Å². The average molecular weight is 593 g/mol. The van der Waals surface area contributed by atoms with Crippen molar-refractivity contribution in [3.63, 3.8) is 0 Å². The van der Waals surface area contributed by atoms with Gasteiger partial charge in [0.15, 0.2) is 0 Å². The average Bonchev–Trinajstić information content (AvgIpc) is 3.45. The molecule has 4 rings (SSSR count). The summed E-state index contributed by atoms with van der Waals surface area (Å²) in [5.74, 6) is -2.45. The standard InChI is InChI=1S/C28H31Cl2N3O5S/c1-32-11-13-33(14-12-32)22(34)16-21-25(28(36)38-3)26(23-18(29)7-4-8-19(23)30)24(27(35)37-2)20(31-21)10-9-17-6-5-15-39-17/h4-8,15,26,31H,9-14,16H2,1-3H3. The number of carbonyl (C=O) groups excluding carboxylic acids is 3. The van der Waals surface area contributed by atoms with Crippen molar-refractivity contribution in [3.05, 3.63) is 78.7 Å². The van der Waals surface area contributed by atoms with Gasteiger partial charge in [0.05, 0.1) is 37.7 Å². The number of hydrogen-bond acceptors (Lipinski definition) is 8. The molecule has 8 nitrogen and oxygen atoms in total. The van der Waals surface area contributed by atoms with Crippen molar-refractivity contribution in [2.45, 2.75) is 25.2 Å². The van der Waals surface area contributed by atoms with E-state index < -0.39 is 17.9 Å². The zero-order valence-electron chi connectivity index (χ0n) is 22.1. The van der Waals surface area contributed by atoms with Crippen LogP contribution in [0.2, 0.25) is 10.0 Å². The van der Waals surface area contributed by atoms with Crippen molar-refractivity contribution in [2.75, 3.05) is 47.4 Å². The Labute approximate surface area is 242 Å². The van der Waals surface area contributed by atoms with Gasteiger partial charge in [-0.05, 0) is 43.5 Å². The molecule has 1 saturated heterocycles. The number of hydrogen-bond donors (Lipinski definition) is 1. The molecular formula is C28H31Cl2N3O5S. The molecule has 1 aromatic heterocycles. The minimum absolute atomic E-state index is 0.0797. The van der Waals surface area contributed by atoms with E-state index in [4.69, 9.17) is 32.7 Å². The summed E-state index contributed by atoms with van der Waals surface area (Å²) in [6, 6.07) is 8.96. The van der Waals surface area contributed by atoms with Gasteiger partial charge in [0, 0.05) is 58.1 Å². The first-order valence-electron chi connectivity index (χ1n) is 12.6. The fraction of sp³-hybridized carbons (Fsp3) is 0.393. The van der Waals surface area contributed by atoms with Crippen LogP contribution < -0.4 is 5.32 Å². The molecule has 0 saturated carbocycles. The summed E-state index contributed by atoms with van der Waals surface area (Å²) in [6.07, 6.45) is 0.991. The third-order valence-electron chi connectivity index (χ3n) is 7.01. The summed E-state index contributed by atoms with van der Waals surface area (Å²) < 4.78 is 10.4. The van der Waals surface area contributed by atoms with Crippen molar-refractivity contribution in [3.8, 4) is 0 Å². The van der Waals surface area contributed by atoms with Crippen LogP contribution in [0.1, 0.15) is 29.2 Å². The maximum Gasteiger partial charge on any atom is 0.336 e. The molecule has 208 valence electrons. The highest BCUT2D eigenvalue weighted by Crippen LogP contribution is 2.46. The van der Waals surface area contributed by atoms with Gasteiger partial charge in [-0.1, -0.05) is 35.3 Å². The van der Waals surface area contributed by atoms with E-state index in [-0.39, 0.29) is 33.5 Å². The second-order valence-corrected chi connectivity index (χ2v) is 11.2. The van der Waals surface area contributed by atoms with Crippen LogP contribution >= 0.6 is 34.5 Å². The molecule has 2 aromatic rings. The van der Waals surface area contributed by atoms with Gasteiger partial charge >= 0.3 is 11.9 Å². The first-order valence-corrected chi connectivity index (χ1v) is 14.2. The Bertz CT molecular complexity index is 1280. The molecule has 0 radical (unpaired) electrons. The van der Waals surface area contributed by atoms with E-state index in [0.29, 0.717) is 42.9 Å². The van der Waals surface area contributed by atoms with Crippen LogP contribution in [-0.4, -0.2) is 75.1 Å². The second kappa shape index (κ2) is 13.0. The molecule has 2 aliphatic rings. The van der Waals surface area contributed by atoms with E-state index in [0.717, 1.165) is 18.0 Å². The SMILES string of the molecule is COC(=O)C1=C(CCc2cccs2)NC(CC(=O)N2CCN(C)CC2)=C(C(=O)OC)C1c1c(Cl)cccc1Cl. The number of benzene rings is 1. The lowest BCUT2D eigenvalue weighted by Crippen LogP contribution is -2.47. The van der Waals surface area contributed by atoms with E-state index in [1.807, 2.05) is 24.6 Å². The van der Waals surface area contributed by atoms with Crippen molar-refractivity contribution in [2.24, 2.45) is 0 Å². The second-order valence-electron chi connectivity index (χ2n) is 9.40. The number of likely N-dealkylation sites (N-methyl/N-ethyl adjacent to an activating group) is 1. The molecule has 3 heterocycles. The molecular weight excluding hydrogens is 561 g/mol. The number of piperazine rings is 1. The zero-order chi connectivity index (χ0) is 28.1. The number of esters is 2. The highest BCUT2D eigenvalue weighted by atomic mass is 35.5. The van der Waals surface area contributed by atoms with E-state index in [9.17, 15) is 14.4 Å². The number of nitrogens with one attached hydrogen (secondary N) is 1. The van der Waals surface area contributed by atoms with E-state index in [2.05, 4.69) is 10.2 Å². The van der Waals surface area contributed by atoms with Crippen LogP contribution in [0, 0.1) is 0 Å². The number of thiophene rings is 1. The molecule has 2 aliphatic heterocycles. The number of rotatable bonds is 8. The summed E-state index contributed by atoms with van der Waals surface area (Å²) in [7, 11) is 4.55. The predicted molar refractivity (Wildman–Crippen MR) is 152 cm³/mol. The molecule has 1 fully saturated rings. The number of amides is 1. The monoisotopic (exact) mass is 591 g/mol. The zero-order valence-corrected chi connectivity index (χ0v) is 24.4. The van der Waals surface area contributed by atoms with Crippen molar-refractivity contribution in [1.29, 1.82) is 0 Å². The van der Waals surface area contributed by atoms with Gasteiger partial charge in [-0.25, -0.2) is 9.59 Å². The molecule has 1 unspecified atom stereocenters. The summed E-state index contributed by atoms with van der Waals surface area (Å²) >= 11 is 14.9. The minimum atomic E-state index is -0.999. The van der Waals surface area contributed by atoms with Crippen LogP contribution in [-0.2, 0) is 30.3 Å². The normalized spacial score (nSPS) is 18.2. The lowest BCUT2D eigenvalue weighted by molar-refractivity contribution is -0.137. The number of halogens is 2. The van der Waals surface area contributed by atoms with Gasteiger partial charge in [0.25, 0.3) is 0 Å². The number of nitrogens with zero attached hydrogens (tertiary/aromatic N) is 2.